The second-order valence-electron chi connectivity index (χ2n) is 5.48. The highest BCUT2D eigenvalue weighted by atomic mass is 32.2. The first kappa shape index (κ1) is 10.8. The summed E-state index contributed by atoms with van der Waals surface area (Å²) in [6.45, 7) is 10.7. The average Bonchev–Trinajstić information content (AvgIpc) is 2.58. The molecule has 3 rings (SSSR count). The van der Waals surface area contributed by atoms with Crippen LogP contribution in [0.15, 0.2) is 0 Å². The lowest BCUT2D eigenvalue weighted by atomic mass is 9.56. The monoisotopic (exact) mass is 213 g/mol. The van der Waals surface area contributed by atoms with Crippen molar-refractivity contribution >= 4 is 11.8 Å². The number of hydrogen-bond acceptors (Lipinski definition) is 2. The average molecular weight is 213 g/mol. The molecule has 2 aliphatic heterocycles. The molecule has 0 spiro atoms. The van der Waals surface area contributed by atoms with Crippen LogP contribution in [0.25, 0.3) is 0 Å². The molecule has 1 saturated carbocycles. The van der Waals surface area contributed by atoms with Crippen LogP contribution in [-0.4, -0.2) is 23.1 Å². The van der Waals surface area contributed by atoms with E-state index in [0.29, 0.717) is 11.0 Å². The van der Waals surface area contributed by atoms with E-state index in [-0.39, 0.29) is 0 Å². The van der Waals surface area contributed by atoms with Gasteiger partial charge in [-0.05, 0) is 29.9 Å². The van der Waals surface area contributed by atoms with Crippen molar-refractivity contribution in [2.45, 2.75) is 51.3 Å². The van der Waals surface area contributed by atoms with Crippen molar-refractivity contribution < 1.29 is 0 Å². The van der Waals surface area contributed by atoms with E-state index in [4.69, 9.17) is 0 Å². The minimum absolute atomic E-state index is 0.505. The van der Waals surface area contributed by atoms with Crippen molar-refractivity contribution in [2.75, 3.05) is 12.3 Å². The molecule has 1 N–H and O–H groups in total. The molecular formula is C12H23NS. The van der Waals surface area contributed by atoms with Crippen LogP contribution in [0.2, 0.25) is 0 Å². The number of hydrogen-bond donors (Lipinski definition) is 1. The molecular weight excluding hydrogens is 190 g/mol. The van der Waals surface area contributed by atoms with Gasteiger partial charge in [0.25, 0.3) is 0 Å². The van der Waals surface area contributed by atoms with Gasteiger partial charge >= 0.3 is 0 Å². The highest BCUT2D eigenvalue weighted by molar-refractivity contribution is 7.99. The van der Waals surface area contributed by atoms with Gasteiger partial charge in [-0.3, -0.25) is 0 Å². The molecule has 3 fully saturated rings. The Hall–Kier alpha value is 0.310. The maximum atomic E-state index is 3.79. The Balaban J connectivity index is 1.99. The number of nitrogens with one attached hydrogen (secondary N) is 1. The van der Waals surface area contributed by atoms with Crippen LogP contribution in [0.5, 0.6) is 0 Å². The Morgan fingerprint density at radius 3 is 2.36 bits per heavy atom. The lowest BCUT2D eigenvalue weighted by molar-refractivity contribution is 0.0633. The van der Waals surface area contributed by atoms with Gasteiger partial charge < -0.3 is 5.32 Å². The third-order valence-electron chi connectivity index (χ3n) is 4.55. The summed E-state index contributed by atoms with van der Waals surface area (Å²) in [6.07, 6.45) is 2.84. The van der Waals surface area contributed by atoms with E-state index in [1.807, 2.05) is 0 Å². The molecule has 1 aliphatic carbocycles. The third-order valence-corrected chi connectivity index (χ3v) is 5.83. The predicted octanol–water partition coefficient (Wildman–Crippen LogP) is 2.91. The summed E-state index contributed by atoms with van der Waals surface area (Å²) < 4.78 is 0. The summed E-state index contributed by atoms with van der Waals surface area (Å²) in [5.41, 5.74) is 1.16. The number of rotatable bonds is 4. The fourth-order valence-corrected chi connectivity index (χ4v) is 4.33. The second kappa shape index (κ2) is 3.41. The molecule has 1 nitrogen and oxygen atoms in total. The summed E-state index contributed by atoms with van der Waals surface area (Å²) in [6, 6.07) is 0. The van der Waals surface area contributed by atoms with Crippen LogP contribution >= 0.6 is 11.8 Å². The maximum Gasteiger partial charge on any atom is 0.0309 e. The fraction of sp³-hybridized carbons (Fsp3) is 1.00. The normalized spacial score (nSPS) is 42.6. The Kier molecular flexibility index (Phi) is 2.64. The smallest absolute Gasteiger partial charge is 0.0309 e. The van der Waals surface area contributed by atoms with E-state index in [2.05, 4.69) is 44.8 Å². The summed E-state index contributed by atoms with van der Waals surface area (Å²) in [4.78, 5) is 0. The Labute approximate surface area is 92.4 Å². The topological polar surface area (TPSA) is 12.0 Å². The highest BCUT2D eigenvalue weighted by Crippen LogP contribution is 2.60. The molecule has 2 heterocycles. The van der Waals surface area contributed by atoms with Crippen molar-refractivity contribution in [2.24, 2.45) is 11.3 Å². The molecule has 2 saturated heterocycles. The molecule has 82 valence electrons. The van der Waals surface area contributed by atoms with Gasteiger partial charge in [-0.2, -0.15) is 11.8 Å². The first-order valence-corrected chi connectivity index (χ1v) is 6.96. The van der Waals surface area contributed by atoms with Gasteiger partial charge in [0.05, 0.1) is 0 Å². The second-order valence-corrected chi connectivity index (χ2v) is 7.10. The minimum Gasteiger partial charge on any atom is -0.310 e. The van der Waals surface area contributed by atoms with E-state index in [9.17, 15) is 0 Å². The van der Waals surface area contributed by atoms with Crippen LogP contribution < -0.4 is 5.32 Å². The van der Waals surface area contributed by atoms with E-state index in [0.717, 1.165) is 11.2 Å². The van der Waals surface area contributed by atoms with Gasteiger partial charge in [0, 0.05) is 17.3 Å². The van der Waals surface area contributed by atoms with Gasteiger partial charge in [-0.15, -0.1) is 0 Å². The molecule has 0 amide bonds. The Bertz CT molecular complexity index is 218. The summed E-state index contributed by atoms with van der Waals surface area (Å²) in [5.74, 6) is 2.10. The van der Waals surface area contributed by atoms with Crippen LogP contribution in [0, 0.1) is 11.3 Å². The molecule has 0 aromatic rings. The van der Waals surface area contributed by atoms with E-state index in [1.165, 1.54) is 25.1 Å². The van der Waals surface area contributed by atoms with Crippen molar-refractivity contribution in [3.63, 3.8) is 0 Å². The zero-order chi connectivity index (χ0) is 10.4. The van der Waals surface area contributed by atoms with E-state index >= 15 is 0 Å². The molecule has 3 aliphatic rings. The Morgan fingerprint density at radius 2 is 1.93 bits per heavy atom. The van der Waals surface area contributed by atoms with Crippen molar-refractivity contribution in [3.8, 4) is 0 Å². The summed E-state index contributed by atoms with van der Waals surface area (Å²) in [5, 5.41) is 4.59. The molecule has 0 radical (unpaired) electrons. The van der Waals surface area contributed by atoms with Crippen LogP contribution in [0.1, 0.15) is 40.5 Å². The molecule has 2 heteroatoms. The van der Waals surface area contributed by atoms with Crippen molar-refractivity contribution in [1.29, 1.82) is 0 Å². The lowest BCUT2D eigenvalue weighted by Crippen LogP contribution is -2.55. The first-order valence-electron chi connectivity index (χ1n) is 5.91. The molecule has 2 bridgehead atoms. The van der Waals surface area contributed by atoms with Crippen LogP contribution in [0.3, 0.4) is 0 Å². The number of thioether (sulfide) groups is 1. The largest absolute Gasteiger partial charge is 0.310 e. The Morgan fingerprint density at radius 1 is 1.29 bits per heavy atom. The third kappa shape index (κ3) is 1.34. The van der Waals surface area contributed by atoms with Crippen LogP contribution in [-0.2, 0) is 0 Å². The van der Waals surface area contributed by atoms with Gasteiger partial charge in [-0.25, -0.2) is 0 Å². The molecule has 14 heavy (non-hydrogen) atoms. The zero-order valence-electron chi connectivity index (χ0n) is 9.89. The fourth-order valence-electron chi connectivity index (χ4n) is 3.26. The molecule has 0 aromatic carbocycles. The summed E-state index contributed by atoms with van der Waals surface area (Å²) in [7, 11) is 0. The van der Waals surface area contributed by atoms with Crippen molar-refractivity contribution in [1.82, 2.24) is 5.32 Å². The molecule has 0 aromatic heterocycles. The van der Waals surface area contributed by atoms with Crippen LogP contribution in [0.4, 0.5) is 0 Å². The first-order chi connectivity index (χ1) is 6.55. The lowest BCUT2D eigenvalue weighted by Gasteiger charge is -2.51. The standard InChI is InChI=1S/C12H23NS/c1-5-14-10(4)12-6-11(7-12,8-13-12)9(2)3/h9-10,13H,5-8H2,1-4H3. The van der Waals surface area contributed by atoms with E-state index in [1.54, 1.807) is 0 Å². The SMILES string of the molecule is CCSC(C)C12CC(C(C)C)(CN1)C2. The van der Waals surface area contributed by atoms with Gasteiger partial charge in [0.15, 0.2) is 0 Å². The quantitative estimate of drug-likeness (QED) is 0.770. The predicted molar refractivity (Wildman–Crippen MR) is 64.8 cm³/mol. The highest BCUT2D eigenvalue weighted by Gasteiger charge is 2.63. The van der Waals surface area contributed by atoms with Gasteiger partial charge in [0.2, 0.25) is 0 Å². The zero-order valence-corrected chi connectivity index (χ0v) is 10.7. The summed E-state index contributed by atoms with van der Waals surface area (Å²) >= 11 is 2.11. The van der Waals surface area contributed by atoms with Crippen molar-refractivity contribution in [3.05, 3.63) is 0 Å². The molecule has 1 atom stereocenters. The maximum absolute atomic E-state index is 3.79. The van der Waals surface area contributed by atoms with E-state index < -0.39 is 0 Å². The van der Waals surface area contributed by atoms with Gasteiger partial charge in [-0.1, -0.05) is 27.7 Å². The number of fused-ring (bicyclic) bond motifs is 1. The minimum atomic E-state index is 0.505. The van der Waals surface area contributed by atoms with Gasteiger partial charge in [0.1, 0.15) is 0 Å². The molecule has 1 unspecified atom stereocenters.